The van der Waals surface area contributed by atoms with Crippen molar-refractivity contribution in [2.75, 3.05) is 19.8 Å². The summed E-state index contributed by atoms with van der Waals surface area (Å²) in [6, 6.07) is 0. The van der Waals surface area contributed by atoms with Gasteiger partial charge in [-0.25, -0.2) is 4.79 Å². The zero-order valence-electron chi connectivity index (χ0n) is 14.5. The van der Waals surface area contributed by atoms with Gasteiger partial charge in [0.2, 0.25) is 0 Å². The lowest BCUT2D eigenvalue weighted by atomic mass is 9.93. The standard InChI is InChI=1S/C16H31O6P/c1-4-20-16(18)14(17)15(13-11-9-7-8-10-12-13)23(19,21-5-2)22-6-3/h13-15,17H,4-12H2,1-3H3/t14-,15+/m0/s1. The van der Waals surface area contributed by atoms with Crippen LogP contribution in [0.2, 0.25) is 0 Å². The molecule has 0 aromatic rings. The largest absolute Gasteiger partial charge is 0.464 e. The SMILES string of the molecule is CCOC(=O)[C@@H](O)[C@@H](C1CCCCCC1)P(=O)(OCC)OCC. The Labute approximate surface area is 139 Å². The molecular weight excluding hydrogens is 319 g/mol. The van der Waals surface area contributed by atoms with Gasteiger partial charge in [-0.3, -0.25) is 4.57 Å². The first-order chi connectivity index (χ1) is 11.0. The van der Waals surface area contributed by atoms with E-state index in [2.05, 4.69) is 0 Å². The van der Waals surface area contributed by atoms with Crippen molar-refractivity contribution in [3.8, 4) is 0 Å². The molecule has 0 amide bonds. The van der Waals surface area contributed by atoms with Crippen molar-refractivity contribution < 1.29 is 28.3 Å². The summed E-state index contributed by atoms with van der Waals surface area (Å²) < 4.78 is 29.1. The lowest BCUT2D eigenvalue weighted by molar-refractivity contribution is -0.154. The minimum atomic E-state index is -3.60. The molecule has 1 fully saturated rings. The van der Waals surface area contributed by atoms with Crippen LogP contribution in [0.25, 0.3) is 0 Å². The molecule has 0 heterocycles. The van der Waals surface area contributed by atoms with E-state index in [1.807, 2.05) is 0 Å². The number of hydrogen-bond acceptors (Lipinski definition) is 6. The fourth-order valence-corrected chi connectivity index (χ4v) is 5.70. The lowest BCUT2D eigenvalue weighted by Crippen LogP contribution is -2.41. The highest BCUT2D eigenvalue weighted by molar-refractivity contribution is 7.54. The van der Waals surface area contributed by atoms with Crippen LogP contribution in [0.4, 0.5) is 0 Å². The zero-order valence-corrected chi connectivity index (χ0v) is 15.4. The van der Waals surface area contributed by atoms with Crippen molar-refractivity contribution in [1.82, 2.24) is 0 Å². The second kappa shape index (κ2) is 10.4. The first-order valence-corrected chi connectivity index (χ1v) is 10.3. The Balaban J connectivity index is 3.11. The van der Waals surface area contributed by atoms with Crippen LogP contribution in [0.3, 0.4) is 0 Å². The second-order valence-electron chi connectivity index (χ2n) is 5.81. The van der Waals surface area contributed by atoms with Gasteiger partial charge in [-0.1, -0.05) is 25.7 Å². The van der Waals surface area contributed by atoms with E-state index < -0.39 is 25.3 Å². The molecule has 1 rings (SSSR count). The summed E-state index contributed by atoms with van der Waals surface area (Å²) in [5, 5.41) is 10.5. The van der Waals surface area contributed by atoms with Crippen LogP contribution < -0.4 is 0 Å². The number of hydrogen-bond donors (Lipinski definition) is 1. The summed E-state index contributed by atoms with van der Waals surface area (Å²) in [4.78, 5) is 12.1. The second-order valence-corrected chi connectivity index (χ2v) is 8.01. The summed E-state index contributed by atoms with van der Waals surface area (Å²) in [6.45, 7) is 5.71. The Morgan fingerprint density at radius 3 is 2.00 bits per heavy atom. The number of carbonyl (C=O) groups is 1. The van der Waals surface area contributed by atoms with Crippen molar-refractivity contribution in [3.63, 3.8) is 0 Å². The monoisotopic (exact) mass is 350 g/mol. The molecule has 0 aliphatic heterocycles. The molecule has 0 aromatic carbocycles. The topological polar surface area (TPSA) is 82.1 Å². The van der Waals surface area contributed by atoms with Crippen LogP contribution in [-0.4, -0.2) is 42.7 Å². The number of esters is 1. The molecule has 1 aliphatic rings. The number of aliphatic hydroxyl groups excluding tert-OH is 1. The lowest BCUT2D eigenvalue weighted by Gasteiger charge is -2.34. The van der Waals surface area contributed by atoms with Crippen molar-refractivity contribution in [1.29, 1.82) is 0 Å². The number of carbonyl (C=O) groups excluding carboxylic acids is 1. The molecule has 1 saturated carbocycles. The summed E-state index contributed by atoms with van der Waals surface area (Å²) in [6.07, 6.45) is 4.36. The summed E-state index contributed by atoms with van der Waals surface area (Å²) in [5.74, 6) is -0.817. The molecule has 136 valence electrons. The van der Waals surface area contributed by atoms with Gasteiger partial charge in [-0.15, -0.1) is 0 Å². The molecule has 1 aliphatic carbocycles. The fraction of sp³-hybridized carbons (Fsp3) is 0.938. The molecule has 0 saturated heterocycles. The van der Waals surface area contributed by atoms with Gasteiger partial charge in [0.25, 0.3) is 0 Å². The summed E-state index contributed by atoms with van der Waals surface area (Å²) in [7, 11) is -3.60. The van der Waals surface area contributed by atoms with Crippen LogP contribution in [-0.2, 0) is 23.1 Å². The minimum absolute atomic E-state index is 0.0687. The maximum absolute atomic E-state index is 13.3. The highest BCUT2D eigenvalue weighted by atomic mass is 31.2. The smallest absolute Gasteiger partial charge is 0.337 e. The third-order valence-electron chi connectivity index (χ3n) is 4.22. The van der Waals surface area contributed by atoms with E-state index in [0.717, 1.165) is 38.5 Å². The third-order valence-corrected chi connectivity index (χ3v) is 6.89. The summed E-state index contributed by atoms with van der Waals surface area (Å²) >= 11 is 0. The minimum Gasteiger partial charge on any atom is -0.464 e. The molecule has 0 radical (unpaired) electrons. The maximum Gasteiger partial charge on any atom is 0.337 e. The van der Waals surface area contributed by atoms with Crippen LogP contribution >= 0.6 is 7.60 Å². The van der Waals surface area contributed by atoms with Gasteiger partial charge in [0, 0.05) is 0 Å². The van der Waals surface area contributed by atoms with E-state index in [1.165, 1.54) is 0 Å². The molecule has 0 bridgehead atoms. The van der Waals surface area contributed by atoms with Crippen molar-refractivity contribution >= 4 is 13.6 Å². The van der Waals surface area contributed by atoms with E-state index in [0.29, 0.717) is 0 Å². The fourth-order valence-electron chi connectivity index (χ4n) is 3.28. The molecule has 0 unspecified atom stereocenters. The average molecular weight is 350 g/mol. The number of ether oxygens (including phenoxy) is 1. The molecule has 0 aromatic heterocycles. The Morgan fingerprint density at radius 2 is 1.57 bits per heavy atom. The van der Waals surface area contributed by atoms with Crippen LogP contribution in [0, 0.1) is 5.92 Å². The summed E-state index contributed by atoms with van der Waals surface area (Å²) in [5.41, 5.74) is -0.862. The third kappa shape index (κ3) is 5.86. The molecular formula is C16H31O6P. The normalized spacial score (nSPS) is 19.8. The Morgan fingerprint density at radius 1 is 1.04 bits per heavy atom. The van der Waals surface area contributed by atoms with Gasteiger partial charge in [0.1, 0.15) is 5.66 Å². The molecule has 7 heteroatoms. The highest BCUT2D eigenvalue weighted by Crippen LogP contribution is 2.58. The van der Waals surface area contributed by atoms with E-state index >= 15 is 0 Å². The van der Waals surface area contributed by atoms with E-state index in [9.17, 15) is 14.5 Å². The Kier molecular flexibility index (Phi) is 9.37. The van der Waals surface area contributed by atoms with Crippen molar-refractivity contribution in [3.05, 3.63) is 0 Å². The Bertz CT molecular complexity index is 382. The molecule has 23 heavy (non-hydrogen) atoms. The van der Waals surface area contributed by atoms with E-state index in [1.54, 1.807) is 20.8 Å². The maximum atomic E-state index is 13.3. The molecule has 0 spiro atoms. The van der Waals surface area contributed by atoms with Gasteiger partial charge in [0.15, 0.2) is 6.10 Å². The molecule has 2 atom stereocenters. The number of rotatable bonds is 9. The highest BCUT2D eigenvalue weighted by Gasteiger charge is 2.48. The quantitative estimate of drug-likeness (QED) is 0.389. The van der Waals surface area contributed by atoms with Gasteiger partial charge in [-0.05, 0) is 39.5 Å². The van der Waals surface area contributed by atoms with Gasteiger partial charge in [0.05, 0.1) is 19.8 Å². The van der Waals surface area contributed by atoms with Crippen molar-refractivity contribution in [2.45, 2.75) is 71.1 Å². The first kappa shape index (κ1) is 20.6. The van der Waals surface area contributed by atoms with Crippen LogP contribution in [0.5, 0.6) is 0 Å². The van der Waals surface area contributed by atoms with E-state index in [-0.39, 0.29) is 25.7 Å². The van der Waals surface area contributed by atoms with Gasteiger partial charge >= 0.3 is 13.6 Å². The number of aliphatic hydroxyl groups is 1. The Hall–Kier alpha value is -0.420. The molecule has 6 nitrogen and oxygen atoms in total. The predicted molar refractivity (Wildman–Crippen MR) is 88.5 cm³/mol. The predicted octanol–water partition coefficient (Wildman–Crippen LogP) is 3.52. The van der Waals surface area contributed by atoms with Gasteiger partial charge < -0.3 is 18.9 Å². The van der Waals surface area contributed by atoms with E-state index in [4.69, 9.17) is 13.8 Å². The average Bonchev–Trinajstić information content (AvgIpc) is 2.77. The van der Waals surface area contributed by atoms with Gasteiger partial charge in [-0.2, -0.15) is 0 Å². The molecule has 1 N–H and O–H groups in total. The van der Waals surface area contributed by atoms with Crippen molar-refractivity contribution in [2.24, 2.45) is 5.92 Å². The van der Waals surface area contributed by atoms with Crippen LogP contribution in [0.1, 0.15) is 59.3 Å². The van der Waals surface area contributed by atoms with Crippen LogP contribution in [0.15, 0.2) is 0 Å². The zero-order chi connectivity index (χ0) is 17.3. The first-order valence-electron chi connectivity index (χ1n) is 8.73.